The van der Waals surface area contributed by atoms with Gasteiger partial charge in [-0.25, -0.2) is 0 Å². The fourth-order valence-corrected chi connectivity index (χ4v) is 4.95. The average Bonchev–Trinajstić information content (AvgIpc) is 3.36. The van der Waals surface area contributed by atoms with Gasteiger partial charge < -0.3 is 14.4 Å². The quantitative estimate of drug-likeness (QED) is 0.223. The highest BCUT2D eigenvalue weighted by molar-refractivity contribution is 5.60. The van der Waals surface area contributed by atoms with Gasteiger partial charge in [0.1, 0.15) is 24.7 Å². The minimum atomic E-state index is 0.118. The van der Waals surface area contributed by atoms with Crippen molar-refractivity contribution in [3.05, 3.63) is 161 Å². The van der Waals surface area contributed by atoms with Crippen LogP contribution >= 0.6 is 0 Å². The highest BCUT2D eigenvalue weighted by atomic mass is 16.5. The van der Waals surface area contributed by atoms with Crippen LogP contribution < -0.4 is 14.4 Å². The summed E-state index contributed by atoms with van der Waals surface area (Å²) in [6.45, 7) is 1.97. The van der Waals surface area contributed by atoms with Crippen molar-refractivity contribution in [2.24, 2.45) is 0 Å². The third-order valence-electron chi connectivity index (χ3n) is 6.84. The predicted molar refractivity (Wildman–Crippen MR) is 149 cm³/mol. The number of hydrogen-bond donors (Lipinski definition) is 0. The molecule has 0 saturated heterocycles. The smallest absolute Gasteiger partial charge is 0.120 e. The molecular formula is C34H29NO2. The monoisotopic (exact) mass is 483 g/mol. The van der Waals surface area contributed by atoms with Gasteiger partial charge in [-0.15, -0.1) is 0 Å². The van der Waals surface area contributed by atoms with E-state index in [-0.39, 0.29) is 6.04 Å². The maximum Gasteiger partial charge on any atom is 0.120 e. The first-order valence-corrected chi connectivity index (χ1v) is 12.7. The summed E-state index contributed by atoms with van der Waals surface area (Å²) in [4.78, 5) is 2.46. The summed E-state index contributed by atoms with van der Waals surface area (Å²) in [7, 11) is 0. The molecule has 0 N–H and O–H groups in total. The molecule has 1 aliphatic rings. The summed E-state index contributed by atoms with van der Waals surface area (Å²) in [5, 5.41) is 0. The number of benzene rings is 5. The van der Waals surface area contributed by atoms with Gasteiger partial charge in [-0.3, -0.25) is 0 Å². The zero-order chi connectivity index (χ0) is 24.9. The lowest BCUT2D eigenvalue weighted by Gasteiger charge is -2.28. The lowest BCUT2D eigenvalue weighted by molar-refractivity contribution is 0.306. The highest BCUT2D eigenvalue weighted by Crippen LogP contribution is 2.43. The maximum atomic E-state index is 6.19. The van der Waals surface area contributed by atoms with Gasteiger partial charge in [-0.1, -0.05) is 97.1 Å². The van der Waals surface area contributed by atoms with E-state index in [4.69, 9.17) is 9.47 Å². The fraction of sp³-hybridized carbons (Fsp3) is 0.118. The van der Waals surface area contributed by atoms with E-state index in [1.165, 1.54) is 27.9 Å². The predicted octanol–water partition coefficient (Wildman–Crippen LogP) is 7.95. The molecule has 5 aromatic rings. The second-order valence-corrected chi connectivity index (χ2v) is 9.34. The van der Waals surface area contributed by atoms with Crippen LogP contribution in [0.1, 0.15) is 33.9 Å². The molecule has 0 amide bonds. The Hall–Kier alpha value is -4.50. The molecular weight excluding hydrogens is 454 g/mol. The summed E-state index contributed by atoms with van der Waals surface area (Å²) in [5.41, 5.74) is 7.39. The van der Waals surface area contributed by atoms with Crippen molar-refractivity contribution in [1.29, 1.82) is 0 Å². The average molecular weight is 484 g/mol. The Bertz CT molecular complexity index is 1430. The molecule has 0 aromatic heterocycles. The summed E-state index contributed by atoms with van der Waals surface area (Å²) in [5.74, 6) is 1.77. The Morgan fingerprint density at radius 1 is 0.568 bits per heavy atom. The Morgan fingerprint density at radius 2 is 1.11 bits per heavy atom. The highest BCUT2D eigenvalue weighted by Gasteiger charge is 2.32. The van der Waals surface area contributed by atoms with Crippen molar-refractivity contribution in [1.82, 2.24) is 0 Å². The molecule has 0 aliphatic carbocycles. The van der Waals surface area contributed by atoms with Gasteiger partial charge in [0.25, 0.3) is 0 Å². The van der Waals surface area contributed by atoms with Crippen LogP contribution in [0, 0.1) is 0 Å². The Morgan fingerprint density at radius 3 is 1.73 bits per heavy atom. The van der Waals surface area contributed by atoms with Gasteiger partial charge >= 0.3 is 0 Å². The van der Waals surface area contributed by atoms with E-state index < -0.39 is 0 Å². The Kier molecular flexibility index (Phi) is 6.59. The summed E-state index contributed by atoms with van der Waals surface area (Å²) in [6.07, 6.45) is 0. The van der Waals surface area contributed by atoms with E-state index in [2.05, 4.69) is 102 Å². The molecule has 0 saturated carbocycles. The standard InChI is InChI=1S/C34H29NO2/c1-4-10-26(11-5-1)24-36-31-20-17-30(18-21-31)35-23-29-16-19-32(37-25-27-12-6-2-7-13-27)22-33(29)34(35)28-14-8-3-9-15-28/h1-22,34H,23-25H2. The molecule has 1 atom stereocenters. The normalized spacial score (nSPS) is 14.3. The Labute approximate surface area is 218 Å². The topological polar surface area (TPSA) is 21.7 Å². The summed E-state index contributed by atoms with van der Waals surface area (Å²) < 4.78 is 12.2. The van der Waals surface area contributed by atoms with Crippen LogP contribution in [0.25, 0.3) is 0 Å². The van der Waals surface area contributed by atoms with Gasteiger partial charge in [0, 0.05) is 12.2 Å². The molecule has 1 unspecified atom stereocenters. The molecule has 182 valence electrons. The molecule has 6 rings (SSSR count). The lowest BCUT2D eigenvalue weighted by atomic mass is 9.97. The van der Waals surface area contributed by atoms with Crippen LogP contribution in [0.4, 0.5) is 5.69 Å². The van der Waals surface area contributed by atoms with Crippen LogP contribution in [0.15, 0.2) is 133 Å². The lowest BCUT2D eigenvalue weighted by Crippen LogP contribution is -2.22. The first-order valence-electron chi connectivity index (χ1n) is 12.7. The number of nitrogens with zero attached hydrogens (tertiary/aromatic N) is 1. The molecule has 0 radical (unpaired) electrons. The van der Waals surface area contributed by atoms with E-state index in [1.807, 2.05) is 36.4 Å². The second-order valence-electron chi connectivity index (χ2n) is 9.34. The van der Waals surface area contributed by atoms with Crippen molar-refractivity contribution in [2.75, 3.05) is 4.90 Å². The molecule has 0 fully saturated rings. The van der Waals surface area contributed by atoms with Crippen LogP contribution in [0.5, 0.6) is 11.5 Å². The third kappa shape index (κ3) is 5.22. The Balaban J connectivity index is 1.24. The van der Waals surface area contributed by atoms with Gasteiger partial charge in [0.2, 0.25) is 0 Å². The third-order valence-corrected chi connectivity index (χ3v) is 6.84. The molecule has 0 bridgehead atoms. The van der Waals surface area contributed by atoms with Gasteiger partial charge in [-0.2, -0.15) is 0 Å². The number of anilines is 1. The van der Waals surface area contributed by atoms with Gasteiger partial charge in [-0.05, 0) is 64.2 Å². The SMILES string of the molecule is c1ccc(COc2ccc(N3Cc4ccc(OCc5ccccc5)cc4C3c3ccccc3)cc2)cc1. The van der Waals surface area contributed by atoms with Crippen LogP contribution in [-0.4, -0.2) is 0 Å². The second kappa shape index (κ2) is 10.6. The maximum absolute atomic E-state index is 6.19. The zero-order valence-corrected chi connectivity index (χ0v) is 20.7. The summed E-state index contributed by atoms with van der Waals surface area (Å²) >= 11 is 0. The fourth-order valence-electron chi connectivity index (χ4n) is 4.95. The van der Waals surface area contributed by atoms with Crippen molar-refractivity contribution in [2.45, 2.75) is 25.8 Å². The van der Waals surface area contributed by atoms with Crippen LogP contribution in [0.2, 0.25) is 0 Å². The number of rotatable bonds is 8. The van der Waals surface area contributed by atoms with E-state index >= 15 is 0 Å². The van der Waals surface area contributed by atoms with Crippen LogP contribution in [0.3, 0.4) is 0 Å². The van der Waals surface area contributed by atoms with Gasteiger partial charge in [0.15, 0.2) is 0 Å². The van der Waals surface area contributed by atoms with Gasteiger partial charge in [0.05, 0.1) is 6.04 Å². The first kappa shape index (κ1) is 22.9. The van der Waals surface area contributed by atoms with Crippen molar-refractivity contribution >= 4 is 5.69 Å². The molecule has 1 aliphatic heterocycles. The van der Waals surface area contributed by atoms with Crippen molar-refractivity contribution < 1.29 is 9.47 Å². The number of fused-ring (bicyclic) bond motifs is 1. The molecule has 0 spiro atoms. The van der Waals surface area contributed by atoms with Crippen molar-refractivity contribution in [3.8, 4) is 11.5 Å². The number of ether oxygens (including phenoxy) is 2. The van der Waals surface area contributed by atoms with Crippen molar-refractivity contribution in [3.63, 3.8) is 0 Å². The molecule has 5 aromatic carbocycles. The largest absolute Gasteiger partial charge is 0.489 e. The number of hydrogen-bond acceptors (Lipinski definition) is 3. The van der Waals surface area contributed by atoms with E-state index in [0.29, 0.717) is 13.2 Å². The minimum absolute atomic E-state index is 0.118. The minimum Gasteiger partial charge on any atom is -0.489 e. The molecule has 3 heteroatoms. The van der Waals surface area contributed by atoms with E-state index in [0.717, 1.165) is 23.6 Å². The molecule has 37 heavy (non-hydrogen) atoms. The van der Waals surface area contributed by atoms with E-state index in [9.17, 15) is 0 Å². The molecule has 1 heterocycles. The molecule has 3 nitrogen and oxygen atoms in total. The van der Waals surface area contributed by atoms with Crippen LogP contribution in [-0.2, 0) is 19.8 Å². The summed E-state index contributed by atoms with van der Waals surface area (Å²) in [6, 6.07) is 46.4. The first-order chi connectivity index (χ1) is 18.3. The van der Waals surface area contributed by atoms with E-state index in [1.54, 1.807) is 0 Å². The zero-order valence-electron chi connectivity index (χ0n) is 20.7.